The number of benzene rings is 2. The Morgan fingerprint density at radius 1 is 1.13 bits per heavy atom. The molecule has 1 saturated heterocycles. The second-order valence-corrected chi connectivity index (χ2v) is 9.23. The molecule has 4 rings (SSSR count). The molecule has 0 spiro atoms. The predicted octanol–water partition coefficient (Wildman–Crippen LogP) is 3.38. The van der Waals surface area contributed by atoms with Crippen LogP contribution in [0, 0.1) is 10.1 Å². The van der Waals surface area contributed by atoms with Gasteiger partial charge in [-0.15, -0.1) is 0 Å². The highest BCUT2D eigenvalue weighted by molar-refractivity contribution is 7.89. The number of fused-ring (bicyclic) bond motifs is 1. The molecule has 160 valence electrons. The first-order chi connectivity index (χ1) is 14.4. The zero-order valence-electron chi connectivity index (χ0n) is 15.9. The fraction of sp³-hybridized carbons (Fsp3) is 0.368. The highest BCUT2D eigenvalue weighted by atomic mass is 35.5. The number of ether oxygens (including phenoxy) is 3. The van der Waals surface area contributed by atoms with E-state index in [9.17, 15) is 18.5 Å². The van der Waals surface area contributed by atoms with Crippen LogP contribution >= 0.6 is 11.6 Å². The van der Waals surface area contributed by atoms with Gasteiger partial charge in [-0.2, -0.15) is 4.31 Å². The van der Waals surface area contributed by atoms with Gasteiger partial charge in [-0.05, 0) is 42.7 Å². The molecule has 2 aliphatic rings. The van der Waals surface area contributed by atoms with Crippen molar-refractivity contribution in [3.8, 4) is 17.2 Å². The van der Waals surface area contributed by atoms with Crippen molar-refractivity contribution < 1.29 is 27.6 Å². The third kappa shape index (κ3) is 4.03. The minimum atomic E-state index is -3.77. The van der Waals surface area contributed by atoms with E-state index in [2.05, 4.69) is 0 Å². The van der Waals surface area contributed by atoms with E-state index in [1.807, 2.05) is 0 Å². The van der Waals surface area contributed by atoms with Gasteiger partial charge in [-0.25, -0.2) is 8.42 Å². The molecular weight excluding hydrogens is 436 g/mol. The summed E-state index contributed by atoms with van der Waals surface area (Å²) >= 11 is 6.20. The molecule has 9 nitrogen and oxygen atoms in total. The molecule has 0 N–H and O–H groups in total. The fourth-order valence-corrected chi connectivity index (χ4v) is 5.23. The Kier molecular flexibility index (Phi) is 5.72. The number of sulfonamides is 1. The molecule has 0 aromatic heterocycles. The van der Waals surface area contributed by atoms with E-state index in [4.69, 9.17) is 25.8 Å². The average Bonchev–Trinajstić information content (AvgIpc) is 3.28. The molecule has 0 aliphatic carbocycles. The Balaban J connectivity index is 1.57. The lowest BCUT2D eigenvalue weighted by Crippen LogP contribution is -2.27. The molecule has 30 heavy (non-hydrogen) atoms. The van der Waals surface area contributed by atoms with Crippen molar-refractivity contribution in [1.82, 2.24) is 4.31 Å². The second kappa shape index (κ2) is 8.29. The molecule has 1 fully saturated rings. The largest absolute Gasteiger partial charge is 0.486 e. The maximum atomic E-state index is 12.7. The molecule has 0 saturated carbocycles. The normalized spacial score (nSPS) is 16.4. The molecule has 0 bridgehead atoms. The SMILES string of the molecule is O=[N+]([O-])c1cc(S(=O)(=O)N2CCCC2)ccc1OCc1cc(Cl)c2c(c1)OCCO2. The van der Waals surface area contributed by atoms with Crippen molar-refractivity contribution in [1.29, 1.82) is 0 Å². The van der Waals surface area contributed by atoms with E-state index >= 15 is 0 Å². The van der Waals surface area contributed by atoms with E-state index in [0.29, 0.717) is 48.4 Å². The topological polar surface area (TPSA) is 108 Å². The highest BCUT2D eigenvalue weighted by Crippen LogP contribution is 2.39. The van der Waals surface area contributed by atoms with Gasteiger partial charge in [0.05, 0.1) is 14.8 Å². The van der Waals surface area contributed by atoms with Gasteiger partial charge in [0.25, 0.3) is 0 Å². The zero-order chi connectivity index (χ0) is 21.3. The molecule has 2 aromatic rings. The second-order valence-electron chi connectivity index (χ2n) is 6.89. The van der Waals surface area contributed by atoms with Crippen LogP contribution < -0.4 is 14.2 Å². The van der Waals surface area contributed by atoms with E-state index in [1.54, 1.807) is 12.1 Å². The number of nitro groups is 1. The molecule has 0 atom stereocenters. The van der Waals surface area contributed by atoms with Crippen molar-refractivity contribution in [3.63, 3.8) is 0 Å². The lowest BCUT2D eigenvalue weighted by molar-refractivity contribution is -0.386. The molecule has 2 aliphatic heterocycles. The lowest BCUT2D eigenvalue weighted by Gasteiger charge is -2.20. The van der Waals surface area contributed by atoms with Crippen LogP contribution in [0.5, 0.6) is 17.2 Å². The highest BCUT2D eigenvalue weighted by Gasteiger charge is 2.30. The zero-order valence-corrected chi connectivity index (χ0v) is 17.4. The summed E-state index contributed by atoms with van der Waals surface area (Å²) < 4.78 is 43.3. The van der Waals surface area contributed by atoms with E-state index in [0.717, 1.165) is 18.9 Å². The summed E-state index contributed by atoms with van der Waals surface area (Å²) in [5.74, 6) is 0.898. The Morgan fingerprint density at radius 3 is 2.60 bits per heavy atom. The first-order valence-electron chi connectivity index (χ1n) is 9.35. The summed E-state index contributed by atoms with van der Waals surface area (Å²) in [6.45, 7) is 1.61. The first-order valence-corrected chi connectivity index (χ1v) is 11.2. The Labute approximate surface area is 178 Å². The summed E-state index contributed by atoms with van der Waals surface area (Å²) in [5.41, 5.74) is 0.214. The Hall–Kier alpha value is -2.56. The number of rotatable bonds is 6. The lowest BCUT2D eigenvalue weighted by atomic mass is 10.2. The first kappa shape index (κ1) is 20.7. The summed E-state index contributed by atoms with van der Waals surface area (Å²) in [4.78, 5) is 10.8. The van der Waals surface area contributed by atoms with Gasteiger partial charge in [-0.1, -0.05) is 11.6 Å². The third-order valence-electron chi connectivity index (χ3n) is 4.88. The van der Waals surface area contributed by atoms with Crippen molar-refractivity contribution in [2.45, 2.75) is 24.3 Å². The van der Waals surface area contributed by atoms with Gasteiger partial charge < -0.3 is 14.2 Å². The van der Waals surface area contributed by atoms with Crippen LogP contribution in [-0.2, 0) is 16.6 Å². The molecule has 2 heterocycles. The maximum Gasteiger partial charge on any atom is 0.312 e. The van der Waals surface area contributed by atoms with Crippen molar-refractivity contribution in [2.75, 3.05) is 26.3 Å². The molecule has 0 radical (unpaired) electrons. The van der Waals surface area contributed by atoms with Crippen LogP contribution in [0.2, 0.25) is 5.02 Å². The van der Waals surface area contributed by atoms with Gasteiger partial charge in [0.1, 0.15) is 19.8 Å². The maximum absolute atomic E-state index is 12.7. The standard InChI is InChI=1S/C19H19ClN2O7S/c20-15-9-13(10-18-19(15)28-8-7-27-18)12-29-17-4-3-14(11-16(17)22(23)24)30(25,26)21-5-1-2-6-21/h3-4,9-11H,1-2,5-8,12H2. The van der Waals surface area contributed by atoms with Crippen LogP contribution in [0.25, 0.3) is 0 Å². The summed E-state index contributed by atoms with van der Waals surface area (Å²) in [6, 6.07) is 7.00. The monoisotopic (exact) mass is 454 g/mol. The van der Waals surface area contributed by atoms with E-state index in [1.165, 1.54) is 16.4 Å². The minimum Gasteiger partial charge on any atom is -0.486 e. The van der Waals surface area contributed by atoms with Gasteiger partial charge in [-0.3, -0.25) is 10.1 Å². The number of halogens is 1. The van der Waals surface area contributed by atoms with Crippen LogP contribution in [-0.4, -0.2) is 43.9 Å². The number of nitro benzene ring substituents is 1. The van der Waals surface area contributed by atoms with E-state index in [-0.39, 0.29) is 17.3 Å². The Bertz CT molecular complexity index is 1080. The number of nitrogens with zero attached hydrogens (tertiary/aromatic N) is 2. The summed E-state index contributed by atoms with van der Waals surface area (Å²) in [6.07, 6.45) is 1.56. The number of hydrogen-bond donors (Lipinski definition) is 0. The third-order valence-corrected chi connectivity index (χ3v) is 7.06. The molecular formula is C19H19ClN2O7S. The summed E-state index contributed by atoms with van der Waals surface area (Å²) in [7, 11) is -3.77. The van der Waals surface area contributed by atoms with Crippen LogP contribution in [0.15, 0.2) is 35.2 Å². The van der Waals surface area contributed by atoms with Gasteiger partial charge in [0, 0.05) is 19.2 Å². The molecule has 0 unspecified atom stereocenters. The van der Waals surface area contributed by atoms with Crippen molar-refractivity contribution >= 4 is 27.3 Å². The molecule has 11 heteroatoms. The van der Waals surface area contributed by atoms with Gasteiger partial charge >= 0.3 is 5.69 Å². The van der Waals surface area contributed by atoms with Crippen molar-refractivity contribution in [3.05, 3.63) is 51.0 Å². The molecule has 0 amide bonds. The van der Waals surface area contributed by atoms with Crippen LogP contribution in [0.1, 0.15) is 18.4 Å². The minimum absolute atomic E-state index is 0.0184. The predicted molar refractivity (Wildman–Crippen MR) is 108 cm³/mol. The fourth-order valence-electron chi connectivity index (χ4n) is 3.41. The molecule has 2 aromatic carbocycles. The van der Waals surface area contributed by atoms with Crippen LogP contribution in [0.4, 0.5) is 5.69 Å². The van der Waals surface area contributed by atoms with Gasteiger partial charge in [0.2, 0.25) is 10.0 Å². The van der Waals surface area contributed by atoms with E-state index < -0.39 is 20.6 Å². The summed E-state index contributed by atoms with van der Waals surface area (Å²) in [5, 5.41) is 11.9. The quantitative estimate of drug-likeness (QED) is 0.486. The van der Waals surface area contributed by atoms with Gasteiger partial charge in [0.15, 0.2) is 17.2 Å². The van der Waals surface area contributed by atoms with Crippen molar-refractivity contribution in [2.24, 2.45) is 0 Å². The Morgan fingerprint density at radius 2 is 1.87 bits per heavy atom. The van der Waals surface area contributed by atoms with Crippen LogP contribution in [0.3, 0.4) is 0 Å². The number of hydrogen-bond acceptors (Lipinski definition) is 7. The average molecular weight is 455 g/mol. The smallest absolute Gasteiger partial charge is 0.312 e.